The zero-order valence-electron chi connectivity index (χ0n) is 9.46. The van der Waals surface area contributed by atoms with E-state index in [-0.39, 0.29) is 17.5 Å². The molecule has 2 atom stereocenters. The first kappa shape index (κ1) is 10.3. The van der Waals surface area contributed by atoms with Crippen molar-refractivity contribution >= 4 is 11.6 Å². The van der Waals surface area contributed by atoms with Crippen LogP contribution in [0.1, 0.15) is 33.6 Å². The maximum Gasteiger partial charge on any atom is 0.165 e. The first-order valence-corrected chi connectivity index (χ1v) is 5.38. The summed E-state index contributed by atoms with van der Waals surface area (Å²) in [6, 6.07) is 0. The van der Waals surface area contributed by atoms with Gasteiger partial charge in [-0.25, -0.2) is 0 Å². The van der Waals surface area contributed by atoms with Gasteiger partial charge in [-0.05, 0) is 38.3 Å². The fraction of sp³-hybridized carbons (Fsp3) is 0.538. The Hall–Kier alpha value is -1.18. The average Bonchev–Trinajstić information content (AvgIpc) is 2.18. The lowest BCUT2D eigenvalue weighted by atomic mass is 9.60. The molecule has 2 nitrogen and oxygen atoms in total. The highest BCUT2D eigenvalue weighted by molar-refractivity contribution is 6.12. The van der Waals surface area contributed by atoms with Gasteiger partial charge >= 0.3 is 0 Å². The van der Waals surface area contributed by atoms with Gasteiger partial charge in [-0.3, -0.25) is 9.59 Å². The van der Waals surface area contributed by atoms with E-state index >= 15 is 0 Å². The summed E-state index contributed by atoms with van der Waals surface area (Å²) in [6.07, 6.45) is 5.07. The Labute approximate surface area is 90.1 Å². The largest absolute Gasteiger partial charge is 0.294 e. The Balaban J connectivity index is 2.49. The van der Waals surface area contributed by atoms with E-state index in [1.807, 2.05) is 13.8 Å². The van der Waals surface area contributed by atoms with Crippen molar-refractivity contribution in [3.63, 3.8) is 0 Å². The van der Waals surface area contributed by atoms with Crippen molar-refractivity contribution in [2.45, 2.75) is 33.6 Å². The topological polar surface area (TPSA) is 34.1 Å². The van der Waals surface area contributed by atoms with Gasteiger partial charge in [0.25, 0.3) is 0 Å². The minimum absolute atomic E-state index is 0.126. The Bertz CT molecular complexity index is 401. The fourth-order valence-electron chi connectivity index (χ4n) is 2.65. The van der Waals surface area contributed by atoms with Gasteiger partial charge in [-0.1, -0.05) is 18.6 Å². The number of rotatable bonds is 0. The standard InChI is InChI=1S/C13H16O2/c1-8-4-5-13(3)10(6-8)11(14)7-9(2)12(13)15/h4,7,10H,5-6H2,1-3H3/t10-,13-/m0/s1. The lowest BCUT2D eigenvalue weighted by Crippen LogP contribution is -2.45. The van der Waals surface area contributed by atoms with Crippen LogP contribution in [0, 0.1) is 11.3 Å². The smallest absolute Gasteiger partial charge is 0.165 e. The van der Waals surface area contributed by atoms with Crippen molar-refractivity contribution in [2.24, 2.45) is 11.3 Å². The maximum atomic E-state index is 12.1. The summed E-state index contributed by atoms with van der Waals surface area (Å²) >= 11 is 0. The molecule has 15 heavy (non-hydrogen) atoms. The Morgan fingerprint density at radius 2 is 2.00 bits per heavy atom. The maximum absolute atomic E-state index is 12.1. The zero-order chi connectivity index (χ0) is 11.2. The van der Waals surface area contributed by atoms with E-state index in [1.165, 1.54) is 11.6 Å². The molecule has 2 rings (SSSR count). The summed E-state index contributed by atoms with van der Waals surface area (Å²) in [5.41, 5.74) is 1.37. The van der Waals surface area contributed by atoms with E-state index in [4.69, 9.17) is 0 Å². The predicted molar refractivity (Wildman–Crippen MR) is 58.4 cm³/mol. The van der Waals surface area contributed by atoms with Gasteiger partial charge in [0.05, 0.1) is 0 Å². The summed E-state index contributed by atoms with van der Waals surface area (Å²) in [4.78, 5) is 24.0. The van der Waals surface area contributed by atoms with Gasteiger partial charge in [-0.15, -0.1) is 0 Å². The van der Waals surface area contributed by atoms with Gasteiger partial charge in [0, 0.05) is 11.3 Å². The number of carbonyl (C=O) groups is 2. The Morgan fingerprint density at radius 1 is 1.33 bits per heavy atom. The normalized spacial score (nSPS) is 35.8. The van der Waals surface area contributed by atoms with E-state index in [2.05, 4.69) is 6.08 Å². The predicted octanol–water partition coefficient (Wildman–Crippen LogP) is 2.45. The van der Waals surface area contributed by atoms with Crippen LogP contribution in [0.4, 0.5) is 0 Å². The van der Waals surface area contributed by atoms with Crippen molar-refractivity contribution < 1.29 is 9.59 Å². The highest BCUT2D eigenvalue weighted by Gasteiger charge is 2.48. The van der Waals surface area contributed by atoms with Gasteiger partial charge in [0.2, 0.25) is 0 Å². The van der Waals surface area contributed by atoms with Crippen molar-refractivity contribution in [1.82, 2.24) is 0 Å². The van der Waals surface area contributed by atoms with Gasteiger partial charge in [-0.2, -0.15) is 0 Å². The van der Waals surface area contributed by atoms with Gasteiger partial charge in [0.1, 0.15) is 0 Å². The fourth-order valence-corrected chi connectivity index (χ4v) is 2.65. The zero-order valence-corrected chi connectivity index (χ0v) is 9.46. The van der Waals surface area contributed by atoms with Gasteiger partial charge in [0.15, 0.2) is 11.6 Å². The van der Waals surface area contributed by atoms with Crippen LogP contribution in [-0.4, -0.2) is 11.6 Å². The molecule has 0 bridgehead atoms. The monoisotopic (exact) mass is 204 g/mol. The SMILES string of the molecule is CC1=CC[C@]2(C)C(=O)C(C)=CC(=O)[C@@H]2C1. The van der Waals surface area contributed by atoms with Gasteiger partial charge < -0.3 is 0 Å². The van der Waals surface area contributed by atoms with Crippen LogP contribution in [-0.2, 0) is 9.59 Å². The van der Waals surface area contributed by atoms with Crippen LogP contribution in [0.15, 0.2) is 23.3 Å². The first-order valence-electron chi connectivity index (χ1n) is 5.38. The average molecular weight is 204 g/mol. The third-order valence-electron chi connectivity index (χ3n) is 3.75. The second-order valence-electron chi connectivity index (χ2n) is 4.99. The van der Waals surface area contributed by atoms with Crippen LogP contribution in [0.2, 0.25) is 0 Å². The lowest BCUT2D eigenvalue weighted by Gasteiger charge is -2.40. The molecule has 0 aromatic carbocycles. The summed E-state index contributed by atoms with van der Waals surface area (Å²) < 4.78 is 0. The molecule has 2 aliphatic carbocycles. The number of hydrogen-bond acceptors (Lipinski definition) is 2. The molecular formula is C13H16O2. The summed E-state index contributed by atoms with van der Waals surface area (Å²) in [6.45, 7) is 5.70. The molecule has 80 valence electrons. The number of ketones is 2. The van der Waals surface area contributed by atoms with Crippen LogP contribution in [0.5, 0.6) is 0 Å². The number of fused-ring (bicyclic) bond motifs is 1. The van der Waals surface area contributed by atoms with Crippen molar-refractivity contribution in [3.8, 4) is 0 Å². The van der Waals surface area contributed by atoms with Crippen LogP contribution >= 0.6 is 0 Å². The molecule has 0 aliphatic heterocycles. The molecule has 0 fully saturated rings. The number of allylic oxidation sites excluding steroid dienone is 4. The number of carbonyl (C=O) groups excluding carboxylic acids is 2. The summed E-state index contributed by atoms with van der Waals surface area (Å²) in [5.74, 6) is 0.150. The molecule has 0 saturated heterocycles. The van der Waals surface area contributed by atoms with E-state index in [0.717, 1.165) is 6.42 Å². The molecule has 0 heterocycles. The van der Waals surface area contributed by atoms with E-state index < -0.39 is 5.41 Å². The van der Waals surface area contributed by atoms with E-state index in [1.54, 1.807) is 6.92 Å². The minimum atomic E-state index is -0.477. The molecule has 2 aliphatic rings. The molecular weight excluding hydrogens is 188 g/mol. The Kier molecular flexibility index (Phi) is 2.18. The van der Waals surface area contributed by atoms with Crippen LogP contribution in [0.25, 0.3) is 0 Å². The lowest BCUT2D eigenvalue weighted by molar-refractivity contribution is -0.136. The molecule has 0 aromatic rings. The molecule has 0 spiro atoms. The molecule has 0 aromatic heterocycles. The molecule has 0 saturated carbocycles. The minimum Gasteiger partial charge on any atom is -0.294 e. The van der Waals surface area contributed by atoms with E-state index in [0.29, 0.717) is 12.0 Å². The molecule has 0 unspecified atom stereocenters. The molecule has 0 amide bonds. The quantitative estimate of drug-likeness (QED) is 0.568. The second-order valence-corrected chi connectivity index (χ2v) is 4.99. The third-order valence-corrected chi connectivity index (χ3v) is 3.75. The summed E-state index contributed by atoms with van der Waals surface area (Å²) in [7, 11) is 0. The van der Waals surface area contributed by atoms with E-state index in [9.17, 15) is 9.59 Å². The van der Waals surface area contributed by atoms with Crippen molar-refractivity contribution in [2.75, 3.05) is 0 Å². The van der Waals surface area contributed by atoms with Crippen LogP contribution in [0.3, 0.4) is 0 Å². The molecule has 0 N–H and O–H groups in total. The molecule has 2 heteroatoms. The Morgan fingerprint density at radius 3 is 2.67 bits per heavy atom. The number of hydrogen-bond donors (Lipinski definition) is 0. The molecule has 0 radical (unpaired) electrons. The second kappa shape index (κ2) is 3.16. The highest BCUT2D eigenvalue weighted by Crippen LogP contribution is 2.45. The number of Topliss-reactive ketones (excluding diaryl/α,β-unsaturated/α-hetero) is 1. The first-order chi connectivity index (χ1) is 6.95. The third kappa shape index (κ3) is 1.39. The summed E-state index contributed by atoms with van der Waals surface area (Å²) in [5, 5.41) is 0. The van der Waals surface area contributed by atoms with Crippen LogP contribution < -0.4 is 0 Å². The van der Waals surface area contributed by atoms with Crippen molar-refractivity contribution in [1.29, 1.82) is 0 Å². The van der Waals surface area contributed by atoms with Crippen molar-refractivity contribution in [3.05, 3.63) is 23.3 Å². The highest BCUT2D eigenvalue weighted by atomic mass is 16.1.